The molecule has 0 aromatic heterocycles. The Hall–Kier alpha value is -2.13. The van der Waals surface area contributed by atoms with Gasteiger partial charge in [-0.1, -0.05) is 12.1 Å². The van der Waals surface area contributed by atoms with E-state index in [0.717, 1.165) is 0 Å². The molecule has 9 heteroatoms. The van der Waals surface area contributed by atoms with Crippen LogP contribution < -0.4 is 10.1 Å². The highest BCUT2D eigenvalue weighted by atomic mass is 32.2. The number of nitrogens with one attached hydrogen (secondary N) is 1. The molecule has 0 aliphatic carbocycles. The number of piperidine rings is 1. The fourth-order valence-corrected chi connectivity index (χ4v) is 3.99. The van der Waals surface area contributed by atoms with Crippen LogP contribution in [-0.2, 0) is 24.3 Å². The molecule has 2 rings (SSSR count). The Morgan fingerprint density at radius 1 is 1.26 bits per heavy atom. The summed E-state index contributed by atoms with van der Waals surface area (Å²) in [4.78, 5) is 24.6. The van der Waals surface area contributed by atoms with Crippen LogP contribution in [0.15, 0.2) is 24.3 Å². The SMILES string of the molecule is CCS(=O)(=O)N1CCC(C(=O)OC(C)C(=O)Nc2ccccc2OC)CC1. The normalized spacial score (nSPS) is 17.1. The second kappa shape index (κ2) is 9.18. The molecule has 8 nitrogen and oxygen atoms in total. The zero-order valence-corrected chi connectivity index (χ0v) is 16.6. The number of ether oxygens (including phenoxy) is 2. The maximum atomic E-state index is 12.3. The van der Waals surface area contributed by atoms with Crippen LogP contribution in [-0.4, -0.2) is 56.7 Å². The molecule has 0 radical (unpaired) electrons. The van der Waals surface area contributed by atoms with Crippen LogP contribution in [0.25, 0.3) is 0 Å². The number of nitrogens with zero attached hydrogens (tertiary/aromatic N) is 1. The van der Waals surface area contributed by atoms with Gasteiger partial charge < -0.3 is 14.8 Å². The molecule has 0 spiro atoms. The average Bonchev–Trinajstić information content (AvgIpc) is 2.68. The summed E-state index contributed by atoms with van der Waals surface area (Å²) < 4.78 is 35.6. The van der Waals surface area contributed by atoms with Crippen molar-refractivity contribution in [3.63, 3.8) is 0 Å². The fourth-order valence-electron chi connectivity index (χ4n) is 2.86. The van der Waals surface area contributed by atoms with Crippen molar-refractivity contribution in [3.05, 3.63) is 24.3 Å². The topological polar surface area (TPSA) is 102 Å². The highest BCUT2D eigenvalue weighted by Crippen LogP contribution is 2.24. The van der Waals surface area contributed by atoms with Crippen LogP contribution in [0, 0.1) is 5.92 Å². The van der Waals surface area contributed by atoms with E-state index in [1.807, 2.05) is 0 Å². The number of anilines is 1. The van der Waals surface area contributed by atoms with Gasteiger partial charge in [-0.25, -0.2) is 12.7 Å². The lowest BCUT2D eigenvalue weighted by Gasteiger charge is -2.30. The number of methoxy groups -OCH3 is 1. The molecule has 1 atom stereocenters. The Balaban J connectivity index is 1.87. The van der Waals surface area contributed by atoms with Crippen molar-refractivity contribution < 1.29 is 27.5 Å². The van der Waals surface area contributed by atoms with Crippen LogP contribution in [0.2, 0.25) is 0 Å². The molecule has 1 fully saturated rings. The van der Waals surface area contributed by atoms with E-state index in [1.165, 1.54) is 18.3 Å². The summed E-state index contributed by atoms with van der Waals surface area (Å²) in [7, 11) is -1.74. The number of hydrogen-bond donors (Lipinski definition) is 1. The number of carbonyl (C=O) groups is 2. The van der Waals surface area contributed by atoms with Gasteiger partial charge in [-0.05, 0) is 38.8 Å². The number of hydrogen-bond acceptors (Lipinski definition) is 6. The van der Waals surface area contributed by atoms with Gasteiger partial charge in [-0.3, -0.25) is 9.59 Å². The predicted molar refractivity (Wildman–Crippen MR) is 101 cm³/mol. The van der Waals surface area contributed by atoms with Gasteiger partial charge in [0.2, 0.25) is 10.0 Å². The van der Waals surface area contributed by atoms with Gasteiger partial charge in [0.05, 0.1) is 24.5 Å². The third-order valence-electron chi connectivity index (χ3n) is 4.57. The number of para-hydroxylation sites is 2. The summed E-state index contributed by atoms with van der Waals surface area (Å²) in [6.45, 7) is 3.67. The smallest absolute Gasteiger partial charge is 0.309 e. The monoisotopic (exact) mass is 398 g/mol. The van der Waals surface area contributed by atoms with Crippen molar-refractivity contribution >= 4 is 27.6 Å². The van der Waals surface area contributed by atoms with E-state index in [-0.39, 0.29) is 18.8 Å². The maximum Gasteiger partial charge on any atom is 0.309 e. The lowest BCUT2D eigenvalue weighted by atomic mass is 9.98. The van der Waals surface area contributed by atoms with Gasteiger partial charge in [-0.2, -0.15) is 0 Å². The lowest BCUT2D eigenvalue weighted by molar-refractivity contribution is -0.158. The minimum absolute atomic E-state index is 0.0439. The number of rotatable bonds is 7. The first-order valence-electron chi connectivity index (χ1n) is 8.90. The molecule has 1 aromatic rings. The van der Waals surface area contributed by atoms with E-state index in [0.29, 0.717) is 24.3 Å². The second-order valence-electron chi connectivity index (χ2n) is 6.34. The van der Waals surface area contributed by atoms with Gasteiger partial charge in [0, 0.05) is 13.1 Å². The Morgan fingerprint density at radius 2 is 1.89 bits per heavy atom. The zero-order chi connectivity index (χ0) is 20.0. The molecular weight excluding hydrogens is 372 g/mol. The Labute approximate surface area is 159 Å². The van der Waals surface area contributed by atoms with Crippen molar-refractivity contribution in [2.45, 2.75) is 32.8 Å². The highest BCUT2D eigenvalue weighted by Gasteiger charge is 2.32. The number of esters is 1. The minimum atomic E-state index is -3.24. The molecule has 1 aliphatic heterocycles. The van der Waals surface area contributed by atoms with E-state index in [9.17, 15) is 18.0 Å². The largest absolute Gasteiger partial charge is 0.495 e. The van der Waals surface area contributed by atoms with Gasteiger partial charge >= 0.3 is 5.97 Å². The van der Waals surface area contributed by atoms with Crippen LogP contribution in [0.4, 0.5) is 5.69 Å². The van der Waals surface area contributed by atoms with E-state index in [1.54, 1.807) is 31.2 Å². The summed E-state index contributed by atoms with van der Waals surface area (Å²) in [5.41, 5.74) is 0.492. The molecule has 27 heavy (non-hydrogen) atoms. The summed E-state index contributed by atoms with van der Waals surface area (Å²) in [5, 5.41) is 2.68. The van der Waals surface area contributed by atoms with E-state index in [2.05, 4.69) is 5.32 Å². The van der Waals surface area contributed by atoms with Crippen LogP contribution >= 0.6 is 0 Å². The van der Waals surface area contributed by atoms with Crippen molar-refractivity contribution in [2.24, 2.45) is 5.92 Å². The fraction of sp³-hybridized carbons (Fsp3) is 0.556. The molecule has 1 unspecified atom stereocenters. The molecule has 1 saturated heterocycles. The van der Waals surface area contributed by atoms with E-state index < -0.39 is 33.9 Å². The molecule has 1 N–H and O–H groups in total. The van der Waals surface area contributed by atoms with E-state index >= 15 is 0 Å². The predicted octanol–water partition coefficient (Wildman–Crippen LogP) is 1.63. The van der Waals surface area contributed by atoms with E-state index in [4.69, 9.17) is 9.47 Å². The molecule has 0 bridgehead atoms. The number of benzene rings is 1. The molecule has 1 heterocycles. The first kappa shape index (κ1) is 21.2. The average molecular weight is 398 g/mol. The van der Waals surface area contributed by atoms with Crippen molar-refractivity contribution in [2.75, 3.05) is 31.3 Å². The van der Waals surface area contributed by atoms with Gasteiger partial charge in [-0.15, -0.1) is 0 Å². The summed E-state index contributed by atoms with van der Waals surface area (Å²) in [6.07, 6.45) is -0.197. The van der Waals surface area contributed by atoms with Gasteiger partial charge in [0.15, 0.2) is 6.10 Å². The number of amides is 1. The Kier molecular flexibility index (Phi) is 7.20. The quantitative estimate of drug-likeness (QED) is 0.701. The Morgan fingerprint density at radius 3 is 2.48 bits per heavy atom. The Bertz CT molecular complexity index is 772. The standard InChI is InChI=1S/C18H26N2O6S/c1-4-27(23,24)20-11-9-14(10-12-20)18(22)26-13(2)17(21)19-15-7-5-6-8-16(15)25-3/h5-8,13-14H,4,9-12H2,1-3H3,(H,19,21). The van der Waals surface area contributed by atoms with Crippen LogP contribution in [0.3, 0.4) is 0 Å². The molecule has 0 saturated carbocycles. The van der Waals surface area contributed by atoms with Crippen LogP contribution in [0.1, 0.15) is 26.7 Å². The maximum absolute atomic E-state index is 12.3. The lowest BCUT2D eigenvalue weighted by Crippen LogP contribution is -2.42. The molecule has 1 aromatic carbocycles. The number of sulfonamides is 1. The molecular formula is C18H26N2O6S. The highest BCUT2D eigenvalue weighted by molar-refractivity contribution is 7.89. The van der Waals surface area contributed by atoms with Crippen molar-refractivity contribution in [3.8, 4) is 5.75 Å². The minimum Gasteiger partial charge on any atom is -0.495 e. The van der Waals surface area contributed by atoms with Crippen LogP contribution in [0.5, 0.6) is 5.75 Å². The van der Waals surface area contributed by atoms with Gasteiger partial charge in [0.25, 0.3) is 5.91 Å². The zero-order valence-electron chi connectivity index (χ0n) is 15.8. The van der Waals surface area contributed by atoms with Gasteiger partial charge in [0.1, 0.15) is 5.75 Å². The molecule has 1 aliphatic rings. The third-order valence-corrected chi connectivity index (χ3v) is 6.45. The second-order valence-corrected chi connectivity index (χ2v) is 8.60. The summed E-state index contributed by atoms with van der Waals surface area (Å²) >= 11 is 0. The molecule has 1 amide bonds. The summed E-state index contributed by atoms with van der Waals surface area (Å²) in [6, 6.07) is 6.94. The molecule has 150 valence electrons. The van der Waals surface area contributed by atoms with Crippen molar-refractivity contribution in [1.29, 1.82) is 0 Å². The first-order valence-corrected chi connectivity index (χ1v) is 10.5. The number of carbonyl (C=O) groups excluding carboxylic acids is 2. The first-order chi connectivity index (χ1) is 12.8. The third kappa shape index (κ3) is 5.43. The summed E-state index contributed by atoms with van der Waals surface area (Å²) in [5.74, 6) is -0.795. The van der Waals surface area contributed by atoms with Crippen molar-refractivity contribution in [1.82, 2.24) is 4.31 Å².